The summed E-state index contributed by atoms with van der Waals surface area (Å²) in [5, 5.41) is 0. The predicted molar refractivity (Wildman–Crippen MR) is 86.5 cm³/mol. The molecular formula is C16H34O3S. The van der Waals surface area contributed by atoms with Crippen molar-refractivity contribution in [1.29, 1.82) is 0 Å². The first-order chi connectivity index (χ1) is 9.31. The van der Waals surface area contributed by atoms with Crippen LogP contribution in [0.1, 0.15) is 91.9 Å². The van der Waals surface area contributed by atoms with Crippen molar-refractivity contribution in [1.82, 2.24) is 0 Å². The van der Waals surface area contributed by atoms with Gasteiger partial charge < -0.3 is 0 Å². The lowest BCUT2D eigenvalue weighted by Gasteiger charge is -2.18. The average Bonchev–Trinajstić information content (AvgIpc) is 2.34. The molecule has 0 spiro atoms. The third kappa shape index (κ3) is 9.76. The molecule has 0 aliphatic rings. The molecule has 0 aliphatic heterocycles. The summed E-state index contributed by atoms with van der Waals surface area (Å²) in [6.45, 7) is 7.57. The molecule has 0 amide bonds. The molecule has 0 aromatic carbocycles. The lowest BCUT2D eigenvalue weighted by atomic mass is 10.1. The molecule has 0 unspecified atom stereocenters. The molecule has 0 saturated heterocycles. The highest BCUT2D eigenvalue weighted by atomic mass is 32.2. The van der Waals surface area contributed by atoms with E-state index in [1.807, 2.05) is 0 Å². The van der Waals surface area contributed by atoms with Crippen molar-refractivity contribution >= 4 is 10.1 Å². The van der Waals surface area contributed by atoms with Gasteiger partial charge in [0.15, 0.2) is 0 Å². The fourth-order valence-electron chi connectivity index (χ4n) is 1.93. The van der Waals surface area contributed by atoms with Gasteiger partial charge in [-0.25, -0.2) is 0 Å². The second-order valence-electron chi connectivity index (χ2n) is 6.57. The van der Waals surface area contributed by atoms with Gasteiger partial charge in [-0.2, -0.15) is 8.42 Å². The van der Waals surface area contributed by atoms with Crippen molar-refractivity contribution in [3.8, 4) is 0 Å². The van der Waals surface area contributed by atoms with Crippen molar-refractivity contribution in [2.75, 3.05) is 6.61 Å². The summed E-state index contributed by atoms with van der Waals surface area (Å²) >= 11 is 0. The SMILES string of the molecule is CCCCCCCCCCCCOS(=O)(=O)C(C)(C)C. The van der Waals surface area contributed by atoms with Gasteiger partial charge in [-0.3, -0.25) is 4.18 Å². The molecule has 0 aromatic heterocycles. The van der Waals surface area contributed by atoms with Gasteiger partial charge in [-0.15, -0.1) is 0 Å². The van der Waals surface area contributed by atoms with E-state index in [0.717, 1.165) is 12.8 Å². The number of rotatable bonds is 12. The number of unbranched alkanes of at least 4 members (excludes halogenated alkanes) is 9. The Kier molecular flexibility index (Phi) is 10.6. The summed E-state index contributed by atoms with van der Waals surface area (Å²) in [7, 11) is -3.41. The standard InChI is InChI=1S/C16H34O3S/c1-5-6-7-8-9-10-11-12-13-14-15-19-20(17,18)16(2,3)4/h5-15H2,1-4H3. The Labute approximate surface area is 126 Å². The van der Waals surface area contributed by atoms with E-state index in [2.05, 4.69) is 6.92 Å². The normalized spacial score (nSPS) is 12.8. The maximum Gasteiger partial charge on any atom is 0.272 e. The second-order valence-corrected chi connectivity index (χ2v) is 8.94. The molecule has 0 aromatic rings. The average molecular weight is 307 g/mol. The minimum Gasteiger partial charge on any atom is -0.270 e. The third-order valence-electron chi connectivity index (χ3n) is 3.49. The van der Waals surface area contributed by atoms with Crippen molar-refractivity contribution in [2.45, 2.75) is 96.7 Å². The first kappa shape index (κ1) is 19.9. The van der Waals surface area contributed by atoms with Crippen LogP contribution in [0, 0.1) is 0 Å². The zero-order chi connectivity index (χ0) is 15.5. The van der Waals surface area contributed by atoms with E-state index < -0.39 is 14.9 Å². The smallest absolute Gasteiger partial charge is 0.270 e. The van der Waals surface area contributed by atoms with E-state index in [0.29, 0.717) is 6.61 Å². The molecule has 0 fully saturated rings. The van der Waals surface area contributed by atoms with Crippen LogP contribution in [0.5, 0.6) is 0 Å². The number of hydrogen-bond acceptors (Lipinski definition) is 3. The van der Waals surface area contributed by atoms with Gasteiger partial charge >= 0.3 is 0 Å². The Balaban J connectivity index is 3.38. The molecule has 0 heterocycles. The Morgan fingerprint density at radius 1 is 0.750 bits per heavy atom. The Morgan fingerprint density at radius 2 is 1.15 bits per heavy atom. The zero-order valence-corrected chi connectivity index (χ0v) is 14.7. The van der Waals surface area contributed by atoms with Crippen molar-refractivity contribution < 1.29 is 12.6 Å². The van der Waals surface area contributed by atoms with E-state index in [9.17, 15) is 8.42 Å². The van der Waals surface area contributed by atoms with Gasteiger partial charge in [-0.1, -0.05) is 64.7 Å². The van der Waals surface area contributed by atoms with E-state index in [1.54, 1.807) is 20.8 Å². The highest BCUT2D eigenvalue weighted by Crippen LogP contribution is 2.17. The van der Waals surface area contributed by atoms with Gasteiger partial charge in [0.05, 0.1) is 11.4 Å². The number of hydrogen-bond donors (Lipinski definition) is 0. The lowest BCUT2D eigenvalue weighted by Crippen LogP contribution is -2.30. The molecule has 0 aliphatic carbocycles. The van der Waals surface area contributed by atoms with Gasteiger partial charge in [0.2, 0.25) is 0 Å². The summed E-state index contributed by atoms with van der Waals surface area (Å²) in [4.78, 5) is 0. The largest absolute Gasteiger partial charge is 0.272 e. The van der Waals surface area contributed by atoms with Crippen LogP contribution in [-0.2, 0) is 14.3 Å². The van der Waals surface area contributed by atoms with Crippen molar-refractivity contribution in [3.63, 3.8) is 0 Å². The van der Waals surface area contributed by atoms with E-state index in [4.69, 9.17) is 4.18 Å². The van der Waals surface area contributed by atoms with Crippen molar-refractivity contribution in [2.24, 2.45) is 0 Å². The topological polar surface area (TPSA) is 43.4 Å². The maximum atomic E-state index is 11.7. The molecule has 3 nitrogen and oxygen atoms in total. The summed E-state index contributed by atoms with van der Waals surface area (Å²) < 4.78 is 27.6. The first-order valence-electron chi connectivity index (χ1n) is 8.20. The first-order valence-corrected chi connectivity index (χ1v) is 9.61. The van der Waals surface area contributed by atoms with Crippen LogP contribution in [0.4, 0.5) is 0 Å². The summed E-state index contributed by atoms with van der Waals surface area (Å²) in [5.74, 6) is 0. The highest BCUT2D eigenvalue weighted by Gasteiger charge is 2.29. The molecule has 122 valence electrons. The van der Waals surface area contributed by atoms with Crippen LogP contribution in [-0.4, -0.2) is 19.8 Å². The molecular weight excluding hydrogens is 272 g/mol. The Bertz CT molecular complexity index is 315. The van der Waals surface area contributed by atoms with Crippen LogP contribution in [0.15, 0.2) is 0 Å². The lowest BCUT2D eigenvalue weighted by molar-refractivity contribution is 0.294. The molecule has 0 N–H and O–H groups in total. The predicted octanol–water partition coefficient (Wildman–Crippen LogP) is 5.05. The van der Waals surface area contributed by atoms with Crippen LogP contribution < -0.4 is 0 Å². The Hall–Kier alpha value is -0.0900. The maximum absolute atomic E-state index is 11.7. The molecule has 0 radical (unpaired) electrons. The molecule has 0 rings (SSSR count). The summed E-state index contributed by atoms with van der Waals surface area (Å²) in [6.07, 6.45) is 12.4. The molecule has 20 heavy (non-hydrogen) atoms. The molecule has 0 bridgehead atoms. The van der Waals surface area contributed by atoms with Gasteiger partial charge in [0.1, 0.15) is 0 Å². The highest BCUT2D eigenvalue weighted by molar-refractivity contribution is 7.88. The van der Waals surface area contributed by atoms with Crippen molar-refractivity contribution in [3.05, 3.63) is 0 Å². The van der Waals surface area contributed by atoms with E-state index in [1.165, 1.54) is 51.4 Å². The van der Waals surface area contributed by atoms with Crippen LogP contribution in [0.3, 0.4) is 0 Å². The minimum absolute atomic E-state index is 0.329. The molecule has 0 atom stereocenters. The third-order valence-corrected chi connectivity index (χ3v) is 5.46. The van der Waals surface area contributed by atoms with Gasteiger partial charge in [0, 0.05) is 0 Å². The molecule has 4 heteroatoms. The quantitative estimate of drug-likeness (QED) is 0.374. The van der Waals surface area contributed by atoms with Crippen LogP contribution in [0.2, 0.25) is 0 Å². The van der Waals surface area contributed by atoms with Crippen LogP contribution >= 0.6 is 0 Å². The van der Waals surface area contributed by atoms with Gasteiger partial charge in [0.25, 0.3) is 10.1 Å². The van der Waals surface area contributed by atoms with Gasteiger partial charge in [-0.05, 0) is 27.2 Å². The Morgan fingerprint density at radius 3 is 1.55 bits per heavy atom. The fraction of sp³-hybridized carbons (Fsp3) is 1.00. The second kappa shape index (κ2) is 10.6. The van der Waals surface area contributed by atoms with Crippen LogP contribution in [0.25, 0.3) is 0 Å². The zero-order valence-electron chi connectivity index (χ0n) is 13.9. The summed E-state index contributed by atoms with van der Waals surface area (Å²) in [5.41, 5.74) is 0. The molecule has 0 saturated carbocycles. The monoisotopic (exact) mass is 306 g/mol. The fourth-order valence-corrected chi connectivity index (χ4v) is 2.63. The van der Waals surface area contributed by atoms with E-state index >= 15 is 0 Å². The minimum atomic E-state index is -3.41. The summed E-state index contributed by atoms with van der Waals surface area (Å²) in [6, 6.07) is 0. The van der Waals surface area contributed by atoms with E-state index in [-0.39, 0.29) is 0 Å².